The minimum atomic E-state index is -3.74. The third-order valence-electron chi connectivity index (χ3n) is 6.98. The van der Waals surface area contributed by atoms with E-state index >= 15 is 0 Å². The second kappa shape index (κ2) is 12.0. The van der Waals surface area contributed by atoms with Crippen LogP contribution in [-0.4, -0.2) is 59.4 Å². The number of benzene rings is 3. The van der Waals surface area contributed by atoms with Crippen molar-refractivity contribution in [2.24, 2.45) is 0 Å². The number of nitrogens with one attached hydrogen (secondary N) is 1. The fourth-order valence-corrected chi connectivity index (χ4v) is 6.38. The van der Waals surface area contributed by atoms with Gasteiger partial charge in [0.2, 0.25) is 10.0 Å². The van der Waals surface area contributed by atoms with Crippen molar-refractivity contribution in [2.45, 2.75) is 25.2 Å². The maximum Gasteiger partial charge on any atom is 0.340 e. The zero-order valence-corrected chi connectivity index (χ0v) is 25.2. The number of carboxylic acids is 1. The molecule has 0 spiro atoms. The van der Waals surface area contributed by atoms with E-state index in [1.54, 1.807) is 36.4 Å². The number of halogens is 1. The van der Waals surface area contributed by atoms with Gasteiger partial charge in [0.05, 0.1) is 17.8 Å². The number of hydrogen-bond donors (Lipinski definition) is 2. The third kappa shape index (κ3) is 7.35. The van der Waals surface area contributed by atoms with Crippen LogP contribution in [0.15, 0.2) is 65.1 Å². The zero-order valence-electron chi connectivity index (χ0n) is 23.5. The number of carbonyl (C=O) groups is 1. The van der Waals surface area contributed by atoms with Crippen molar-refractivity contribution in [3.63, 3.8) is 0 Å². The van der Waals surface area contributed by atoms with E-state index in [1.807, 2.05) is 0 Å². The van der Waals surface area contributed by atoms with Gasteiger partial charge >= 0.3 is 5.97 Å². The van der Waals surface area contributed by atoms with Crippen LogP contribution in [0.3, 0.4) is 0 Å². The van der Waals surface area contributed by atoms with Crippen molar-refractivity contribution >= 4 is 42.5 Å². The number of anilines is 1. The number of nitrogens with zero attached hydrogens (tertiary/aromatic N) is 1. The summed E-state index contributed by atoms with van der Waals surface area (Å²) in [6.45, 7) is 0.380. The molecule has 3 aromatic carbocycles. The highest BCUT2D eigenvalue weighted by Gasteiger charge is 2.33. The molecule has 1 heterocycles. The molecule has 2 N–H and O–H groups in total. The maximum absolute atomic E-state index is 13.2. The van der Waals surface area contributed by atoms with Crippen molar-refractivity contribution in [1.82, 2.24) is 5.32 Å². The van der Waals surface area contributed by atoms with Crippen LogP contribution >= 0.6 is 0 Å². The van der Waals surface area contributed by atoms with E-state index in [4.69, 9.17) is 9.15 Å². The Kier molecular flexibility index (Phi) is 8.50. The second-order valence-corrected chi connectivity index (χ2v) is 14.7. The highest BCUT2D eigenvalue weighted by molar-refractivity contribution is 7.92. The molecule has 4 aromatic rings. The summed E-state index contributed by atoms with van der Waals surface area (Å²) in [4.78, 5) is 12.5. The fourth-order valence-electron chi connectivity index (χ4n) is 4.89. The smallest absolute Gasteiger partial charge is 0.340 e. The molecule has 0 saturated heterocycles. The molecule has 0 aliphatic heterocycles. The molecule has 0 atom stereocenters. The summed E-state index contributed by atoms with van der Waals surface area (Å²) in [5.41, 5.74) is 1.81. The minimum Gasteiger partial charge on any atom is -0.478 e. The SMILES string of the molecule is CS(=O)(=O)CNCCCN(c1cc2oc(-c3ccc(Oc4ccc(F)cc4)cc3)c(C(=O)O)c2cc1C1CC1)S(C)(=O)=O. The van der Waals surface area contributed by atoms with E-state index in [1.165, 1.54) is 28.6 Å². The highest BCUT2D eigenvalue weighted by Crippen LogP contribution is 2.48. The first-order valence-corrected chi connectivity index (χ1v) is 17.4. The molecule has 1 aliphatic rings. The van der Waals surface area contributed by atoms with Crippen LogP contribution in [0.4, 0.5) is 10.1 Å². The largest absolute Gasteiger partial charge is 0.478 e. The Balaban J connectivity index is 1.49. The topological polar surface area (TPSA) is 143 Å². The molecule has 5 rings (SSSR count). The number of furan rings is 1. The summed E-state index contributed by atoms with van der Waals surface area (Å²) in [6.07, 6.45) is 4.24. The quantitative estimate of drug-likeness (QED) is 0.187. The average molecular weight is 631 g/mol. The lowest BCUT2D eigenvalue weighted by Crippen LogP contribution is -2.34. The molecule has 0 radical (unpaired) electrons. The Morgan fingerprint density at radius 3 is 2.21 bits per heavy atom. The molecule has 0 amide bonds. The number of sulfonamides is 1. The molecule has 0 bridgehead atoms. The lowest BCUT2D eigenvalue weighted by Gasteiger charge is -2.25. The van der Waals surface area contributed by atoms with Gasteiger partial charge in [-0.2, -0.15) is 0 Å². The first-order valence-electron chi connectivity index (χ1n) is 13.5. The van der Waals surface area contributed by atoms with Crippen LogP contribution in [0.5, 0.6) is 11.5 Å². The van der Waals surface area contributed by atoms with Gasteiger partial charge in [-0.15, -0.1) is 0 Å². The molecule has 1 aliphatic carbocycles. The first kappa shape index (κ1) is 30.5. The molecule has 0 unspecified atom stereocenters. The average Bonchev–Trinajstić information content (AvgIpc) is 3.70. The third-order valence-corrected chi connectivity index (χ3v) is 8.89. The van der Waals surface area contributed by atoms with Gasteiger partial charge in [-0.1, -0.05) is 0 Å². The summed E-state index contributed by atoms with van der Waals surface area (Å²) in [7, 11) is -6.95. The van der Waals surface area contributed by atoms with Crippen molar-refractivity contribution in [2.75, 3.05) is 35.8 Å². The molecular formula is C30H31FN2O8S2. The van der Waals surface area contributed by atoms with Gasteiger partial charge in [-0.05, 0) is 91.9 Å². The molecule has 228 valence electrons. The summed E-state index contributed by atoms with van der Waals surface area (Å²) in [6, 6.07) is 15.4. The number of sulfone groups is 1. The lowest BCUT2D eigenvalue weighted by atomic mass is 10.0. The van der Waals surface area contributed by atoms with Gasteiger partial charge in [0, 0.05) is 29.8 Å². The Labute approximate surface area is 249 Å². The first-order chi connectivity index (χ1) is 20.3. The molecule has 43 heavy (non-hydrogen) atoms. The van der Waals surface area contributed by atoms with Crippen LogP contribution in [0.2, 0.25) is 0 Å². The van der Waals surface area contributed by atoms with Gasteiger partial charge in [0.15, 0.2) is 9.84 Å². The predicted molar refractivity (Wildman–Crippen MR) is 162 cm³/mol. The molecule has 10 nitrogen and oxygen atoms in total. The Morgan fingerprint density at radius 1 is 1.02 bits per heavy atom. The second-order valence-electron chi connectivity index (χ2n) is 10.6. The summed E-state index contributed by atoms with van der Waals surface area (Å²) in [5, 5.41) is 13.4. The Bertz CT molecular complexity index is 1870. The zero-order chi connectivity index (χ0) is 30.9. The number of carboxylic acid groups (broad SMARTS) is 1. The van der Waals surface area contributed by atoms with E-state index < -0.39 is 25.8 Å². The van der Waals surface area contributed by atoms with E-state index in [0.717, 1.165) is 30.9 Å². The van der Waals surface area contributed by atoms with Crippen molar-refractivity contribution in [3.8, 4) is 22.8 Å². The lowest BCUT2D eigenvalue weighted by molar-refractivity contribution is 0.0699. The van der Waals surface area contributed by atoms with Gasteiger partial charge in [0.25, 0.3) is 0 Å². The predicted octanol–water partition coefficient (Wildman–Crippen LogP) is 5.35. The number of aromatic carboxylic acids is 1. The molecule has 1 aromatic heterocycles. The Hall–Kier alpha value is -3.94. The normalized spacial score (nSPS) is 13.7. The summed E-state index contributed by atoms with van der Waals surface area (Å²) < 4.78 is 75.0. The highest BCUT2D eigenvalue weighted by atomic mass is 32.2. The summed E-state index contributed by atoms with van der Waals surface area (Å²) >= 11 is 0. The maximum atomic E-state index is 13.2. The standard InChI is InChI=1S/C30H31FN2O8S2/c1-42(36,37)18-32-14-3-15-33(43(2,38)39)26-17-27-25(16-24(26)19-4-5-19)28(30(34)35)29(41-27)20-6-10-22(11-7-20)40-23-12-8-21(31)9-13-23/h6-13,16-17,19,32H,3-5,14-15,18H2,1-2H3,(H,34,35). The van der Waals surface area contributed by atoms with Crippen LogP contribution < -0.4 is 14.4 Å². The van der Waals surface area contributed by atoms with Crippen LogP contribution in [-0.2, 0) is 19.9 Å². The van der Waals surface area contributed by atoms with Crippen molar-refractivity contribution < 1.29 is 40.3 Å². The van der Waals surface area contributed by atoms with E-state index in [9.17, 15) is 31.1 Å². The molecular weight excluding hydrogens is 599 g/mol. The number of ether oxygens (including phenoxy) is 1. The van der Waals surface area contributed by atoms with Crippen LogP contribution in [0.25, 0.3) is 22.3 Å². The van der Waals surface area contributed by atoms with Crippen LogP contribution in [0, 0.1) is 5.82 Å². The van der Waals surface area contributed by atoms with E-state index in [-0.39, 0.29) is 47.6 Å². The van der Waals surface area contributed by atoms with E-state index in [2.05, 4.69) is 5.32 Å². The van der Waals surface area contributed by atoms with Gasteiger partial charge in [-0.25, -0.2) is 26.0 Å². The van der Waals surface area contributed by atoms with Gasteiger partial charge in [-0.3, -0.25) is 4.31 Å². The minimum absolute atomic E-state index is 0.0356. The molecule has 1 fully saturated rings. The molecule has 1 saturated carbocycles. The monoisotopic (exact) mass is 630 g/mol. The number of fused-ring (bicyclic) bond motifs is 1. The molecule has 13 heteroatoms. The van der Waals surface area contributed by atoms with E-state index in [0.29, 0.717) is 34.6 Å². The van der Waals surface area contributed by atoms with Crippen molar-refractivity contribution in [3.05, 3.63) is 77.6 Å². The summed E-state index contributed by atoms with van der Waals surface area (Å²) in [5.74, 6) is -0.699. The number of rotatable bonds is 13. The van der Waals surface area contributed by atoms with Crippen molar-refractivity contribution in [1.29, 1.82) is 0 Å². The fraction of sp³-hybridized carbons (Fsp3) is 0.300. The van der Waals surface area contributed by atoms with Gasteiger partial charge in [0.1, 0.15) is 34.2 Å². The number of hydrogen-bond acceptors (Lipinski definition) is 8. The van der Waals surface area contributed by atoms with Crippen LogP contribution in [0.1, 0.15) is 41.1 Å². The van der Waals surface area contributed by atoms with Gasteiger partial charge < -0.3 is 19.6 Å². The Morgan fingerprint density at radius 2 is 1.65 bits per heavy atom.